The van der Waals surface area contributed by atoms with Crippen LogP contribution in [0.25, 0.3) is 5.69 Å². The van der Waals surface area contributed by atoms with E-state index >= 15 is 0 Å². The maximum absolute atomic E-state index is 4.69. The minimum Gasteiger partial charge on any atom is -0.311 e. The van der Waals surface area contributed by atoms with Crippen LogP contribution < -0.4 is 5.32 Å². The van der Waals surface area contributed by atoms with Crippen LogP contribution in [0.5, 0.6) is 0 Å². The van der Waals surface area contributed by atoms with Crippen LogP contribution in [-0.4, -0.2) is 26.1 Å². The Kier molecular flexibility index (Phi) is 5.16. The Morgan fingerprint density at radius 1 is 1.12 bits per heavy atom. The molecule has 0 fully saturated rings. The molecule has 3 rings (SSSR count). The fraction of sp³-hybridized carbons (Fsp3) is 0.333. The average molecular weight is 388 g/mol. The first-order chi connectivity index (χ1) is 11.5. The molecule has 1 N–H and O–H groups in total. The number of nitrogens with zero attached hydrogens (tertiary/aromatic N) is 4. The van der Waals surface area contributed by atoms with Crippen molar-refractivity contribution in [2.75, 3.05) is 6.54 Å². The highest BCUT2D eigenvalue weighted by Crippen LogP contribution is 2.19. The van der Waals surface area contributed by atoms with E-state index in [0.29, 0.717) is 0 Å². The second-order valence-corrected chi connectivity index (χ2v) is 6.91. The van der Waals surface area contributed by atoms with Crippen LogP contribution in [-0.2, 0) is 13.1 Å². The molecule has 0 aliphatic carbocycles. The van der Waals surface area contributed by atoms with Gasteiger partial charge in [-0.1, -0.05) is 15.9 Å². The summed E-state index contributed by atoms with van der Waals surface area (Å²) in [4.78, 5) is 0. The summed E-state index contributed by atoms with van der Waals surface area (Å²) < 4.78 is 5.05. The number of halogens is 1. The lowest BCUT2D eigenvalue weighted by Crippen LogP contribution is -2.20. The molecule has 0 aliphatic heterocycles. The molecule has 0 spiro atoms. The average Bonchev–Trinajstić information content (AvgIpc) is 3.09. The summed E-state index contributed by atoms with van der Waals surface area (Å²) in [5.41, 5.74) is 5.78. The molecule has 24 heavy (non-hydrogen) atoms. The van der Waals surface area contributed by atoms with Crippen molar-refractivity contribution in [3.05, 3.63) is 63.6 Å². The van der Waals surface area contributed by atoms with Crippen LogP contribution in [0.4, 0.5) is 0 Å². The van der Waals surface area contributed by atoms with Crippen molar-refractivity contribution in [2.45, 2.75) is 33.9 Å². The molecule has 126 valence electrons. The smallest absolute Gasteiger partial charge is 0.0649 e. The topological polar surface area (TPSA) is 47.7 Å². The third-order valence-electron chi connectivity index (χ3n) is 4.09. The van der Waals surface area contributed by atoms with Gasteiger partial charge in [-0.3, -0.25) is 4.68 Å². The number of rotatable bonds is 6. The predicted octanol–water partition coefficient (Wildman–Crippen LogP) is 3.55. The van der Waals surface area contributed by atoms with Gasteiger partial charge >= 0.3 is 0 Å². The Hall–Kier alpha value is -1.92. The Bertz CT molecular complexity index is 817. The highest BCUT2D eigenvalue weighted by Gasteiger charge is 2.12. The summed E-state index contributed by atoms with van der Waals surface area (Å²) in [5, 5.41) is 12.5. The molecule has 5 nitrogen and oxygen atoms in total. The molecule has 0 atom stereocenters. The zero-order valence-corrected chi connectivity index (χ0v) is 15.8. The third-order valence-corrected chi connectivity index (χ3v) is 4.62. The van der Waals surface area contributed by atoms with Crippen LogP contribution in [0.1, 0.15) is 22.5 Å². The van der Waals surface area contributed by atoms with Crippen molar-refractivity contribution < 1.29 is 0 Å². The van der Waals surface area contributed by atoms with Crippen LogP contribution >= 0.6 is 15.9 Å². The molecule has 0 amide bonds. The third kappa shape index (κ3) is 3.76. The fourth-order valence-electron chi connectivity index (χ4n) is 2.76. The van der Waals surface area contributed by atoms with E-state index in [1.54, 1.807) is 0 Å². The molecule has 2 heterocycles. The van der Waals surface area contributed by atoms with Gasteiger partial charge in [-0.25, -0.2) is 4.68 Å². The van der Waals surface area contributed by atoms with Gasteiger partial charge in [0.25, 0.3) is 0 Å². The van der Waals surface area contributed by atoms with Gasteiger partial charge in [-0.05, 0) is 50.6 Å². The molecular weight excluding hydrogens is 366 g/mol. The molecule has 0 radical (unpaired) electrons. The van der Waals surface area contributed by atoms with E-state index in [9.17, 15) is 0 Å². The van der Waals surface area contributed by atoms with Crippen LogP contribution in [0.3, 0.4) is 0 Å². The monoisotopic (exact) mass is 387 g/mol. The van der Waals surface area contributed by atoms with Crippen molar-refractivity contribution in [2.24, 2.45) is 0 Å². The Morgan fingerprint density at radius 2 is 1.88 bits per heavy atom. The highest BCUT2D eigenvalue weighted by atomic mass is 79.9. The fourth-order valence-corrected chi connectivity index (χ4v) is 3.03. The van der Waals surface area contributed by atoms with Gasteiger partial charge in [0.1, 0.15) is 0 Å². The maximum atomic E-state index is 4.69. The Labute approximate surface area is 150 Å². The summed E-state index contributed by atoms with van der Waals surface area (Å²) in [6.45, 7) is 8.80. The van der Waals surface area contributed by atoms with E-state index in [2.05, 4.69) is 65.4 Å². The first kappa shape index (κ1) is 16.9. The van der Waals surface area contributed by atoms with Crippen molar-refractivity contribution >= 4 is 15.9 Å². The molecule has 6 heteroatoms. The number of aryl methyl sites for hydroxylation is 2. The number of hydrogen-bond acceptors (Lipinski definition) is 3. The second kappa shape index (κ2) is 7.32. The van der Waals surface area contributed by atoms with Crippen molar-refractivity contribution in [1.29, 1.82) is 0 Å². The largest absolute Gasteiger partial charge is 0.311 e. The molecule has 0 saturated heterocycles. The lowest BCUT2D eigenvalue weighted by molar-refractivity contribution is 0.553. The zero-order valence-electron chi connectivity index (χ0n) is 14.3. The van der Waals surface area contributed by atoms with Gasteiger partial charge in [-0.2, -0.15) is 10.2 Å². The van der Waals surface area contributed by atoms with Gasteiger partial charge in [0.05, 0.1) is 24.1 Å². The van der Waals surface area contributed by atoms with E-state index in [0.717, 1.165) is 35.5 Å². The zero-order chi connectivity index (χ0) is 17.1. The summed E-state index contributed by atoms with van der Waals surface area (Å²) in [6.07, 6.45) is 3.94. The van der Waals surface area contributed by atoms with E-state index in [4.69, 9.17) is 5.10 Å². The van der Waals surface area contributed by atoms with Gasteiger partial charge in [0, 0.05) is 35.0 Å². The first-order valence-corrected chi connectivity index (χ1v) is 8.84. The van der Waals surface area contributed by atoms with Crippen molar-refractivity contribution in [1.82, 2.24) is 24.9 Å². The van der Waals surface area contributed by atoms with Crippen LogP contribution in [0, 0.1) is 20.8 Å². The quantitative estimate of drug-likeness (QED) is 0.657. The molecule has 3 aromatic rings. The molecule has 0 aliphatic rings. The van der Waals surface area contributed by atoms with E-state index < -0.39 is 0 Å². The molecule has 0 bridgehead atoms. The predicted molar refractivity (Wildman–Crippen MR) is 99.4 cm³/mol. The van der Waals surface area contributed by atoms with Crippen molar-refractivity contribution in [3.8, 4) is 5.69 Å². The summed E-state index contributed by atoms with van der Waals surface area (Å²) in [7, 11) is 0. The number of nitrogens with one attached hydrogen (secondary N) is 1. The maximum Gasteiger partial charge on any atom is 0.0649 e. The minimum atomic E-state index is 0.814. The van der Waals surface area contributed by atoms with Gasteiger partial charge in [0.15, 0.2) is 0 Å². The lowest BCUT2D eigenvalue weighted by atomic mass is 10.2. The minimum absolute atomic E-state index is 0.814. The molecule has 0 unspecified atom stereocenters. The van der Waals surface area contributed by atoms with Crippen molar-refractivity contribution in [3.63, 3.8) is 0 Å². The molecular formula is C18H22BrN5. The molecule has 2 aromatic heterocycles. The Balaban J connectivity index is 1.64. The lowest BCUT2D eigenvalue weighted by Gasteiger charge is -2.07. The summed E-state index contributed by atoms with van der Waals surface area (Å²) >= 11 is 3.47. The molecule has 1 aromatic carbocycles. The van der Waals surface area contributed by atoms with E-state index in [1.165, 1.54) is 16.8 Å². The highest BCUT2D eigenvalue weighted by molar-refractivity contribution is 9.10. The van der Waals surface area contributed by atoms with Crippen LogP contribution in [0.2, 0.25) is 0 Å². The SMILES string of the molecule is Cc1cnn(CCNCc2c(C)nn(-c3ccc(Br)cc3)c2C)c1. The standard InChI is InChI=1S/C18H22BrN5/c1-13-10-21-23(12-13)9-8-20-11-18-14(2)22-24(15(18)3)17-6-4-16(19)5-7-17/h4-7,10,12,20H,8-9,11H2,1-3H3. The summed E-state index contributed by atoms with van der Waals surface area (Å²) in [5.74, 6) is 0. The second-order valence-electron chi connectivity index (χ2n) is 6.00. The number of hydrogen-bond donors (Lipinski definition) is 1. The molecule has 0 saturated carbocycles. The van der Waals surface area contributed by atoms with E-state index in [-0.39, 0.29) is 0 Å². The number of aromatic nitrogens is 4. The first-order valence-electron chi connectivity index (χ1n) is 8.05. The van der Waals surface area contributed by atoms with Crippen LogP contribution in [0.15, 0.2) is 41.1 Å². The van der Waals surface area contributed by atoms with E-state index in [1.807, 2.05) is 27.7 Å². The van der Waals surface area contributed by atoms with Gasteiger partial charge in [-0.15, -0.1) is 0 Å². The Morgan fingerprint density at radius 3 is 2.54 bits per heavy atom. The normalized spacial score (nSPS) is 11.2. The van der Waals surface area contributed by atoms with Gasteiger partial charge < -0.3 is 5.32 Å². The van der Waals surface area contributed by atoms with Gasteiger partial charge in [0.2, 0.25) is 0 Å². The summed E-state index contributed by atoms with van der Waals surface area (Å²) in [6, 6.07) is 8.22. The number of benzene rings is 1.